The lowest BCUT2D eigenvalue weighted by atomic mass is 9.79. The third-order valence-corrected chi connectivity index (χ3v) is 7.08. The quantitative estimate of drug-likeness (QED) is 0.778. The molecule has 1 aromatic rings. The normalized spacial score (nSPS) is 23.8. The molecule has 0 atom stereocenters. The molecule has 2 fully saturated rings. The molecule has 0 aliphatic carbocycles. The van der Waals surface area contributed by atoms with E-state index in [1.165, 1.54) is 16.4 Å². The van der Waals surface area contributed by atoms with Gasteiger partial charge in [0.1, 0.15) is 5.82 Å². The summed E-state index contributed by atoms with van der Waals surface area (Å²) in [5, 5.41) is 0. The molecule has 0 saturated carbocycles. The Kier molecular flexibility index (Phi) is 4.31. The van der Waals surface area contributed by atoms with E-state index < -0.39 is 34.2 Å². The predicted octanol–water partition coefficient (Wildman–Crippen LogP) is 1.91. The highest BCUT2D eigenvalue weighted by Crippen LogP contribution is 2.36. The molecule has 2 aliphatic rings. The van der Waals surface area contributed by atoms with Gasteiger partial charge < -0.3 is 9.31 Å². The zero-order chi connectivity index (χ0) is 17.8. The van der Waals surface area contributed by atoms with E-state index in [0.717, 1.165) is 18.9 Å². The van der Waals surface area contributed by atoms with Crippen LogP contribution in [0, 0.1) is 5.82 Å². The van der Waals surface area contributed by atoms with Crippen LogP contribution in [0.1, 0.15) is 40.5 Å². The van der Waals surface area contributed by atoms with Crippen LogP contribution in [-0.2, 0) is 19.3 Å². The minimum absolute atomic E-state index is 0.0258. The van der Waals surface area contributed by atoms with Crippen LogP contribution >= 0.6 is 0 Å². The average molecular weight is 355 g/mol. The molecule has 0 radical (unpaired) electrons. The van der Waals surface area contributed by atoms with Crippen molar-refractivity contribution in [1.82, 2.24) is 4.31 Å². The first-order valence-corrected chi connectivity index (χ1v) is 9.64. The Morgan fingerprint density at radius 2 is 1.62 bits per heavy atom. The SMILES string of the molecule is CC1(C)OB(c2ccc(S(=O)(=O)N3CCCC3)cc2F)OC1(C)C. The monoisotopic (exact) mass is 355 g/mol. The van der Waals surface area contributed by atoms with Gasteiger partial charge in [-0.2, -0.15) is 4.31 Å². The zero-order valence-electron chi connectivity index (χ0n) is 14.5. The average Bonchev–Trinajstić information content (AvgIpc) is 3.06. The van der Waals surface area contributed by atoms with Gasteiger partial charge in [-0.3, -0.25) is 0 Å². The summed E-state index contributed by atoms with van der Waals surface area (Å²) in [7, 11) is -4.48. The summed E-state index contributed by atoms with van der Waals surface area (Å²) in [5.74, 6) is -0.631. The van der Waals surface area contributed by atoms with E-state index in [2.05, 4.69) is 0 Å². The second-order valence-electron chi connectivity index (χ2n) is 7.38. The fourth-order valence-electron chi connectivity index (χ4n) is 2.91. The van der Waals surface area contributed by atoms with E-state index >= 15 is 0 Å². The highest BCUT2D eigenvalue weighted by atomic mass is 32.2. The largest absolute Gasteiger partial charge is 0.497 e. The Labute approximate surface area is 143 Å². The second-order valence-corrected chi connectivity index (χ2v) is 9.32. The van der Waals surface area contributed by atoms with Crippen molar-refractivity contribution in [2.75, 3.05) is 13.1 Å². The van der Waals surface area contributed by atoms with Crippen molar-refractivity contribution in [1.29, 1.82) is 0 Å². The van der Waals surface area contributed by atoms with E-state index in [1.54, 1.807) is 0 Å². The van der Waals surface area contributed by atoms with E-state index in [9.17, 15) is 12.8 Å². The molecule has 1 aromatic carbocycles. The standard InChI is InChI=1S/C16H23BFNO4S/c1-15(2)16(3,4)23-17(22-15)13-8-7-12(11-14(13)18)24(20,21)19-9-5-6-10-19/h7-8,11H,5-6,9-10H2,1-4H3. The molecule has 2 aliphatic heterocycles. The maximum atomic E-state index is 14.6. The molecular formula is C16H23BFNO4S. The van der Waals surface area contributed by atoms with Crippen molar-refractivity contribution in [2.45, 2.75) is 56.6 Å². The van der Waals surface area contributed by atoms with Crippen LogP contribution in [0.25, 0.3) is 0 Å². The fraction of sp³-hybridized carbons (Fsp3) is 0.625. The minimum Gasteiger partial charge on any atom is -0.399 e. The number of benzene rings is 1. The van der Waals surface area contributed by atoms with Crippen LogP contribution in [-0.4, -0.2) is 44.1 Å². The summed E-state index contributed by atoms with van der Waals surface area (Å²) in [4.78, 5) is -0.0258. The Hall–Kier alpha value is -0.955. The van der Waals surface area contributed by atoms with Crippen LogP contribution < -0.4 is 5.46 Å². The maximum Gasteiger partial charge on any atom is 0.497 e. The maximum absolute atomic E-state index is 14.6. The smallest absolute Gasteiger partial charge is 0.399 e. The number of sulfonamides is 1. The van der Waals surface area contributed by atoms with Crippen molar-refractivity contribution in [3.8, 4) is 0 Å². The van der Waals surface area contributed by atoms with Gasteiger partial charge in [0.2, 0.25) is 10.0 Å². The molecule has 5 nitrogen and oxygen atoms in total. The summed E-state index contributed by atoms with van der Waals surface area (Å²) >= 11 is 0. The molecule has 2 saturated heterocycles. The summed E-state index contributed by atoms with van der Waals surface area (Å²) in [6.45, 7) is 8.52. The zero-order valence-corrected chi connectivity index (χ0v) is 15.3. The van der Waals surface area contributed by atoms with Crippen LogP contribution in [0.5, 0.6) is 0 Å². The third kappa shape index (κ3) is 2.89. The number of nitrogens with zero attached hydrogens (tertiary/aromatic N) is 1. The van der Waals surface area contributed by atoms with E-state index in [1.807, 2.05) is 27.7 Å². The lowest BCUT2D eigenvalue weighted by Gasteiger charge is -2.32. The molecule has 132 valence electrons. The van der Waals surface area contributed by atoms with Crippen LogP contribution in [0.15, 0.2) is 23.1 Å². The first-order chi connectivity index (χ1) is 11.0. The fourth-order valence-corrected chi connectivity index (χ4v) is 4.44. The first-order valence-electron chi connectivity index (χ1n) is 8.20. The molecule has 0 aromatic heterocycles. The van der Waals surface area contributed by atoms with Crippen molar-refractivity contribution in [2.24, 2.45) is 0 Å². The van der Waals surface area contributed by atoms with E-state index in [-0.39, 0.29) is 10.4 Å². The van der Waals surface area contributed by atoms with Gasteiger partial charge in [-0.25, -0.2) is 12.8 Å². The van der Waals surface area contributed by atoms with Crippen molar-refractivity contribution in [3.63, 3.8) is 0 Å². The van der Waals surface area contributed by atoms with Crippen LogP contribution in [0.4, 0.5) is 4.39 Å². The van der Waals surface area contributed by atoms with Crippen molar-refractivity contribution in [3.05, 3.63) is 24.0 Å². The molecular weight excluding hydrogens is 332 g/mol. The van der Waals surface area contributed by atoms with Crippen molar-refractivity contribution < 1.29 is 22.1 Å². The first kappa shape index (κ1) is 17.9. The molecule has 3 rings (SSSR count). The molecule has 0 spiro atoms. The van der Waals surface area contributed by atoms with Gasteiger partial charge >= 0.3 is 7.12 Å². The molecule has 0 amide bonds. The van der Waals surface area contributed by atoms with Gasteiger partial charge in [0, 0.05) is 18.6 Å². The topological polar surface area (TPSA) is 55.8 Å². The highest BCUT2D eigenvalue weighted by molar-refractivity contribution is 7.89. The lowest BCUT2D eigenvalue weighted by Crippen LogP contribution is -2.41. The molecule has 2 heterocycles. The lowest BCUT2D eigenvalue weighted by molar-refractivity contribution is 0.00578. The summed E-state index contributed by atoms with van der Waals surface area (Å²) in [6.07, 6.45) is 1.68. The van der Waals surface area contributed by atoms with Gasteiger partial charge in [-0.05, 0) is 52.7 Å². The van der Waals surface area contributed by atoms with Crippen LogP contribution in [0.3, 0.4) is 0 Å². The highest BCUT2D eigenvalue weighted by Gasteiger charge is 2.52. The number of halogens is 1. The molecule has 0 bridgehead atoms. The van der Waals surface area contributed by atoms with E-state index in [4.69, 9.17) is 9.31 Å². The van der Waals surface area contributed by atoms with Crippen LogP contribution in [0.2, 0.25) is 0 Å². The van der Waals surface area contributed by atoms with Gasteiger partial charge in [-0.15, -0.1) is 0 Å². The number of rotatable bonds is 3. The number of hydrogen-bond donors (Lipinski definition) is 0. The molecule has 8 heteroatoms. The number of hydrogen-bond acceptors (Lipinski definition) is 4. The second kappa shape index (κ2) is 5.80. The van der Waals surface area contributed by atoms with Gasteiger partial charge in [0.25, 0.3) is 0 Å². The van der Waals surface area contributed by atoms with E-state index in [0.29, 0.717) is 13.1 Å². The predicted molar refractivity (Wildman–Crippen MR) is 90.1 cm³/mol. The molecule has 0 unspecified atom stereocenters. The summed E-state index contributed by atoms with van der Waals surface area (Å²) in [5.41, 5.74) is -0.941. The molecule has 24 heavy (non-hydrogen) atoms. The van der Waals surface area contributed by atoms with Gasteiger partial charge in [-0.1, -0.05) is 6.07 Å². The Bertz CT molecular complexity index is 728. The Morgan fingerprint density at radius 3 is 2.12 bits per heavy atom. The van der Waals surface area contributed by atoms with Crippen molar-refractivity contribution >= 4 is 22.6 Å². The Balaban J connectivity index is 1.89. The third-order valence-electron chi connectivity index (χ3n) is 5.18. The Morgan fingerprint density at radius 1 is 1.08 bits per heavy atom. The minimum atomic E-state index is -3.64. The molecule has 0 N–H and O–H groups in total. The van der Waals surface area contributed by atoms with Gasteiger partial charge in [0.05, 0.1) is 16.1 Å². The summed E-state index contributed by atoms with van der Waals surface area (Å²) < 4.78 is 52.7. The van der Waals surface area contributed by atoms with Gasteiger partial charge in [0.15, 0.2) is 0 Å². The summed E-state index contributed by atoms with van der Waals surface area (Å²) in [6, 6.07) is 3.94.